The molecule has 0 saturated carbocycles. The summed E-state index contributed by atoms with van der Waals surface area (Å²) in [6, 6.07) is 12.4. The third-order valence-electron chi connectivity index (χ3n) is 3.54. The minimum absolute atomic E-state index is 0.207. The second-order valence-electron chi connectivity index (χ2n) is 4.85. The summed E-state index contributed by atoms with van der Waals surface area (Å²) in [6.45, 7) is 0.443. The Morgan fingerprint density at radius 2 is 2.05 bits per heavy atom. The van der Waals surface area contributed by atoms with E-state index >= 15 is 0 Å². The number of halogens is 1. The monoisotopic (exact) mass is 281 g/mol. The molecule has 3 heterocycles. The summed E-state index contributed by atoms with van der Waals surface area (Å²) in [7, 11) is 0. The molecular formula is C16H12FN3O. The van der Waals surface area contributed by atoms with Crippen LogP contribution in [-0.2, 0) is 6.54 Å². The van der Waals surface area contributed by atoms with Gasteiger partial charge in [-0.15, -0.1) is 0 Å². The third-order valence-corrected chi connectivity index (χ3v) is 3.54. The van der Waals surface area contributed by atoms with Crippen LogP contribution in [0.2, 0.25) is 0 Å². The van der Waals surface area contributed by atoms with Crippen LogP contribution >= 0.6 is 0 Å². The Morgan fingerprint density at radius 3 is 2.86 bits per heavy atom. The summed E-state index contributed by atoms with van der Waals surface area (Å²) in [5.41, 5.74) is 2.25. The highest BCUT2D eigenvalue weighted by Crippen LogP contribution is 2.27. The molecule has 5 heteroatoms. The van der Waals surface area contributed by atoms with Gasteiger partial charge < -0.3 is 8.98 Å². The van der Waals surface area contributed by atoms with Crippen molar-refractivity contribution in [2.45, 2.75) is 6.54 Å². The third kappa shape index (κ3) is 1.94. The average molecular weight is 281 g/mol. The normalized spacial score (nSPS) is 11.3. The van der Waals surface area contributed by atoms with Gasteiger partial charge in [0, 0.05) is 17.1 Å². The molecule has 0 aliphatic carbocycles. The molecule has 0 unspecified atom stereocenters. The summed E-state index contributed by atoms with van der Waals surface area (Å²) in [6.07, 6.45) is 3.53. The minimum atomic E-state index is -0.207. The van der Waals surface area contributed by atoms with Gasteiger partial charge in [0.2, 0.25) is 0 Å². The van der Waals surface area contributed by atoms with Gasteiger partial charge in [-0.1, -0.05) is 18.2 Å². The van der Waals surface area contributed by atoms with Crippen molar-refractivity contribution in [3.8, 4) is 11.5 Å². The summed E-state index contributed by atoms with van der Waals surface area (Å²) >= 11 is 0. The van der Waals surface area contributed by atoms with E-state index in [0.29, 0.717) is 12.1 Å². The zero-order valence-electron chi connectivity index (χ0n) is 11.1. The molecule has 4 aromatic rings. The Morgan fingerprint density at radius 1 is 1.14 bits per heavy atom. The van der Waals surface area contributed by atoms with E-state index in [1.807, 2.05) is 35.0 Å². The number of hydrogen-bond donors (Lipinski definition) is 1. The quantitative estimate of drug-likeness (QED) is 0.620. The number of nitrogens with one attached hydrogen (secondary N) is 1. The molecule has 0 bridgehead atoms. The van der Waals surface area contributed by atoms with Crippen molar-refractivity contribution in [1.29, 1.82) is 0 Å². The summed E-state index contributed by atoms with van der Waals surface area (Å²) in [4.78, 5) is 0. The Balaban J connectivity index is 1.76. The van der Waals surface area contributed by atoms with Crippen LogP contribution in [0.15, 0.2) is 59.3 Å². The molecule has 0 fully saturated rings. The van der Waals surface area contributed by atoms with Crippen LogP contribution in [0.5, 0.6) is 0 Å². The maximum Gasteiger partial charge on any atom is 0.162 e. The molecular weight excluding hydrogens is 269 g/mol. The van der Waals surface area contributed by atoms with Crippen LogP contribution in [0.3, 0.4) is 0 Å². The zero-order chi connectivity index (χ0) is 14.2. The van der Waals surface area contributed by atoms with E-state index in [2.05, 4.69) is 10.2 Å². The van der Waals surface area contributed by atoms with Crippen LogP contribution in [0, 0.1) is 5.82 Å². The first-order valence-corrected chi connectivity index (χ1v) is 6.63. The van der Waals surface area contributed by atoms with Crippen molar-refractivity contribution in [3.63, 3.8) is 0 Å². The fourth-order valence-electron chi connectivity index (χ4n) is 2.50. The van der Waals surface area contributed by atoms with E-state index < -0.39 is 0 Å². The highest BCUT2D eigenvalue weighted by Gasteiger charge is 2.14. The molecule has 4 nitrogen and oxygen atoms in total. The first-order chi connectivity index (χ1) is 10.3. The molecule has 1 N–H and O–H groups in total. The van der Waals surface area contributed by atoms with Gasteiger partial charge in [0.05, 0.1) is 12.8 Å². The van der Waals surface area contributed by atoms with Crippen molar-refractivity contribution >= 4 is 11.0 Å². The van der Waals surface area contributed by atoms with Gasteiger partial charge in [0.25, 0.3) is 0 Å². The van der Waals surface area contributed by atoms with Crippen LogP contribution in [0.4, 0.5) is 4.39 Å². The number of rotatable bonds is 3. The minimum Gasteiger partial charge on any atom is -0.463 e. The lowest BCUT2D eigenvalue weighted by atomic mass is 10.2. The van der Waals surface area contributed by atoms with Gasteiger partial charge in [0.15, 0.2) is 11.4 Å². The van der Waals surface area contributed by atoms with Gasteiger partial charge in [0.1, 0.15) is 11.5 Å². The van der Waals surface area contributed by atoms with Gasteiger partial charge in [-0.25, -0.2) is 4.39 Å². The smallest absolute Gasteiger partial charge is 0.162 e. The molecule has 0 aliphatic heterocycles. The van der Waals surface area contributed by atoms with Crippen molar-refractivity contribution in [2.75, 3.05) is 0 Å². The number of aromatic amines is 1. The molecule has 0 radical (unpaired) electrons. The van der Waals surface area contributed by atoms with Crippen LogP contribution in [-0.4, -0.2) is 14.8 Å². The number of furan rings is 1. The molecule has 0 aliphatic rings. The molecule has 0 atom stereocenters. The van der Waals surface area contributed by atoms with Crippen LogP contribution in [0.1, 0.15) is 5.56 Å². The SMILES string of the molecule is Fc1ccccc1Cn1ccc2c(-c3ccco3)[nH]nc21. The molecule has 3 aromatic heterocycles. The lowest BCUT2D eigenvalue weighted by Gasteiger charge is -2.04. The molecule has 4 rings (SSSR count). The van der Waals surface area contributed by atoms with E-state index in [1.54, 1.807) is 18.4 Å². The van der Waals surface area contributed by atoms with Crippen molar-refractivity contribution in [1.82, 2.24) is 14.8 Å². The number of fused-ring (bicyclic) bond motifs is 1. The molecule has 21 heavy (non-hydrogen) atoms. The second kappa shape index (κ2) is 4.63. The van der Waals surface area contributed by atoms with Crippen LogP contribution in [0.25, 0.3) is 22.5 Å². The Hall–Kier alpha value is -2.82. The fraction of sp³-hybridized carbons (Fsp3) is 0.0625. The molecule has 0 amide bonds. The first kappa shape index (κ1) is 12.0. The van der Waals surface area contributed by atoms with Gasteiger partial charge >= 0.3 is 0 Å². The highest BCUT2D eigenvalue weighted by molar-refractivity contribution is 5.90. The van der Waals surface area contributed by atoms with E-state index in [9.17, 15) is 4.39 Å². The fourth-order valence-corrected chi connectivity index (χ4v) is 2.50. The van der Waals surface area contributed by atoms with Gasteiger partial charge in [-0.05, 0) is 24.3 Å². The topological polar surface area (TPSA) is 46.8 Å². The predicted molar refractivity (Wildman–Crippen MR) is 77.3 cm³/mol. The van der Waals surface area contributed by atoms with Crippen molar-refractivity contribution < 1.29 is 8.81 Å². The summed E-state index contributed by atoms with van der Waals surface area (Å²) in [5, 5.41) is 8.25. The predicted octanol–water partition coefficient (Wildman–Crippen LogP) is 3.81. The van der Waals surface area contributed by atoms with E-state index in [1.165, 1.54) is 6.07 Å². The summed E-state index contributed by atoms with van der Waals surface area (Å²) in [5.74, 6) is 0.530. The van der Waals surface area contributed by atoms with Gasteiger partial charge in [-0.2, -0.15) is 5.10 Å². The van der Waals surface area contributed by atoms with Crippen molar-refractivity contribution in [3.05, 3.63) is 66.3 Å². The zero-order valence-corrected chi connectivity index (χ0v) is 11.1. The van der Waals surface area contributed by atoms with E-state index in [-0.39, 0.29) is 5.82 Å². The Labute approximate surface area is 119 Å². The van der Waals surface area contributed by atoms with Crippen molar-refractivity contribution in [2.24, 2.45) is 0 Å². The number of nitrogens with zero attached hydrogens (tertiary/aromatic N) is 2. The Kier molecular flexibility index (Phi) is 2.64. The molecule has 104 valence electrons. The summed E-state index contributed by atoms with van der Waals surface area (Å²) < 4.78 is 21.1. The molecule has 0 spiro atoms. The van der Waals surface area contributed by atoms with Gasteiger partial charge in [-0.3, -0.25) is 5.10 Å². The van der Waals surface area contributed by atoms with Crippen LogP contribution < -0.4 is 0 Å². The maximum absolute atomic E-state index is 13.8. The van der Waals surface area contributed by atoms with E-state index in [0.717, 1.165) is 22.5 Å². The number of aromatic nitrogens is 3. The standard InChI is InChI=1S/C16H12FN3O/c17-13-5-2-1-4-11(13)10-20-8-7-12-15(18-19-16(12)20)14-6-3-9-21-14/h1-9H,10H2,(H,18,19). The second-order valence-corrected chi connectivity index (χ2v) is 4.85. The van der Waals surface area contributed by atoms with E-state index in [4.69, 9.17) is 4.42 Å². The highest BCUT2D eigenvalue weighted by atomic mass is 19.1. The largest absolute Gasteiger partial charge is 0.463 e. The first-order valence-electron chi connectivity index (χ1n) is 6.63. The average Bonchev–Trinajstić information content (AvgIpc) is 3.19. The number of benzene rings is 1. The lowest BCUT2D eigenvalue weighted by Crippen LogP contribution is -2.00. The number of hydrogen-bond acceptors (Lipinski definition) is 2. The molecule has 0 saturated heterocycles. The molecule has 1 aromatic carbocycles. The maximum atomic E-state index is 13.8. The lowest BCUT2D eigenvalue weighted by molar-refractivity contribution is 0.580. The number of H-pyrrole nitrogens is 1. The Bertz CT molecular complexity index is 889.